The molecular formula is C15H20N2S. The first kappa shape index (κ1) is 13.2. The highest BCUT2D eigenvalue weighted by molar-refractivity contribution is 7.12. The fourth-order valence-electron chi connectivity index (χ4n) is 2.18. The van der Waals surface area contributed by atoms with Crippen LogP contribution in [0.4, 0.5) is 0 Å². The lowest BCUT2D eigenvalue weighted by Crippen LogP contribution is -2.25. The first-order chi connectivity index (χ1) is 8.72. The van der Waals surface area contributed by atoms with Gasteiger partial charge in [-0.25, -0.2) is 0 Å². The van der Waals surface area contributed by atoms with Crippen LogP contribution in [0.3, 0.4) is 0 Å². The van der Waals surface area contributed by atoms with Gasteiger partial charge in [-0.3, -0.25) is 4.98 Å². The average Bonchev–Trinajstić information content (AvgIpc) is 2.82. The normalized spacial score (nSPS) is 14.4. The predicted octanol–water partition coefficient (Wildman–Crippen LogP) is 3.91. The molecule has 0 aliphatic carbocycles. The quantitative estimate of drug-likeness (QED) is 0.881. The molecule has 0 aliphatic rings. The summed E-state index contributed by atoms with van der Waals surface area (Å²) in [7, 11) is 0. The molecule has 1 N–H and O–H groups in total. The lowest BCUT2D eigenvalue weighted by molar-refractivity contribution is 0.479. The third kappa shape index (κ3) is 2.98. The van der Waals surface area contributed by atoms with Crippen LogP contribution in [0, 0.1) is 6.92 Å². The minimum Gasteiger partial charge on any atom is -0.309 e. The number of likely N-dealkylation sites (N-methyl/N-ethyl adjacent to an activating group) is 1. The monoisotopic (exact) mass is 260 g/mol. The zero-order valence-corrected chi connectivity index (χ0v) is 12.0. The highest BCUT2D eigenvalue weighted by Gasteiger charge is 2.22. The summed E-state index contributed by atoms with van der Waals surface area (Å²) in [5.74, 6) is 0.379. The molecule has 0 radical (unpaired) electrons. The maximum atomic E-state index is 4.48. The lowest BCUT2D eigenvalue weighted by atomic mass is 9.96. The van der Waals surface area contributed by atoms with E-state index in [-0.39, 0.29) is 0 Å². The van der Waals surface area contributed by atoms with Gasteiger partial charge in [-0.15, -0.1) is 11.3 Å². The molecule has 2 aromatic rings. The molecule has 0 saturated heterocycles. The van der Waals surface area contributed by atoms with Crippen LogP contribution in [0.25, 0.3) is 0 Å². The van der Waals surface area contributed by atoms with Crippen molar-refractivity contribution >= 4 is 11.3 Å². The first-order valence-electron chi connectivity index (χ1n) is 6.43. The van der Waals surface area contributed by atoms with E-state index in [1.807, 2.05) is 23.6 Å². The van der Waals surface area contributed by atoms with Crippen molar-refractivity contribution in [1.29, 1.82) is 0 Å². The van der Waals surface area contributed by atoms with Gasteiger partial charge in [0.15, 0.2) is 0 Å². The van der Waals surface area contributed by atoms with Crippen molar-refractivity contribution in [1.82, 2.24) is 10.3 Å². The van der Waals surface area contributed by atoms with E-state index in [0.29, 0.717) is 12.0 Å². The number of aryl methyl sites for hydroxylation is 1. The zero-order valence-electron chi connectivity index (χ0n) is 11.2. The maximum Gasteiger partial charge on any atom is 0.0496 e. The van der Waals surface area contributed by atoms with E-state index in [4.69, 9.17) is 0 Å². The highest BCUT2D eigenvalue weighted by atomic mass is 32.1. The Balaban J connectivity index is 2.25. The Morgan fingerprint density at radius 1 is 1.28 bits per heavy atom. The van der Waals surface area contributed by atoms with Crippen molar-refractivity contribution in [2.75, 3.05) is 6.54 Å². The Labute approximate surface area is 113 Å². The molecule has 0 saturated carbocycles. The fourth-order valence-corrected chi connectivity index (χ4v) is 3.24. The van der Waals surface area contributed by atoms with Crippen LogP contribution >= 0.6 is 11.3 Å². The van der Waals surface area contributed by atoms with Crippen LogP contribution in [0.5, 0.6) is 0 Å². The Morgan fingerprint density at radius 2 is 2.11 bits per heavy atom. The third-order valence-electron chi connectivity index (χ3n) is 3.15. The average molecular weight is 260 g/mol. The van der Waals surface area contributed by atoms with Crippen molar-refractivity contribution in [3.8, 4) is 0 Å². The lowest BCUT2D eigenvalue weighted by Gasteiger charge is -2.23. The van der Waals surface area contributed by atoms with Gasteiger partial charge in [-0.1, -0.05) is 19.9 Å². The minimum absolute atomic E-state index is 0.351. The number of nitrogens with one attached hydrogen (secondary N) is 1. The summed E-state index contributed by atoms with van der Waals surface area (Å²) in [5.41, 5.74) is 1.15. The van der Waals surface area contributed by atoms with Crippen LogP contribution < -0.4 is 5.32 Å². The van der Waals surface area contributed by atoms with Crippen LogP contribution in [0.15, 0.2) is 36.5 Å². The summed E-state index contributed by atoms with van der Waals surface area (Å²) in [6.07, 6.45) is 1.87. The number of aromatic nitrogens is 1. The molecule has 18 heavy (non-hydrogen) atoms. The predicted molar refractivity (Wildman–Crippen MR) is 78.1 cm³/mol. The van der Waals surface area contributed by atoms with Crippen molar-refractivity contribution in [3.63, 3.8) is 0 Å². The van der Waals surface area contributed by atoms with Gasteiger partial charge in [0.2, 0.25) is 0 Å². The van der Waals surface area contributed by atoms with E-state index in [1.165, 1.54) is 9.75 Å². The van der Waals surface area contributed by atoms with Gasteiger partial charge in [0, 0.05) is 33.6 Å². The molecule has 0 aliphatic heterocycles. The second-order valence-corrected chi connectivity index (χ2v) is 5.85. The summed E-state index contributed by atoms with van der Waals surface area (Å²) in [5, 5.41) is 3.58. The Morgan fingerprint density at radius 3 is 2.67 bits per heavy atom. The Kier molecular flexibility index (Phi) is 4.50. The second-order valence-electron chi connectivity index (χ2n) is 4.53. The molecule has 0 spiro atoms. The minimum atomic E-state index is 0.351. The molecule has 2 unspecified atom stereocenters. The van der Waals surface area contributed by atoms with Crippen LogP contribution in [0.1, 0.15) is 41.3 Å². The first-order valence-corrected chi connectivity index (χ1v) is 7.24. The van der Waals surface area contributed by atoms with Gasteiger partial charge in [0.25, 0.3) is 0 Å². The van der Waals surface area contributed by atoms with E-state index >= 15 is 0 Å². The largest absolute Gasteiger partial charge is 0.309 e. The molecule has 3 heteroatoms. The molecule has 0 aromatic carbocycles. The van der Waals surface area contributed by atoms with Crippen molar-refractivity contribution in [2.24, 2.45) is 0 Å². The number of thiophene rings is 1. The van der Waals surface area contributed by atoms with Gasteiger partial charge in [-0.05, 0) is 37.7 Å². The van der Waals surface area contributed by atoms with E-state index < -0.39 is 0 Å². The van der Waals surface area contributed by atoms with E-state index in [0.717, 1.165) is 12.2 Å². The summed E-state index contributed by atoms with van der Waals surface area (Å²) < 4.78 is 0. The van der Waals surface area contributed by atoms with E-state index in [2.05, 4.69) is 55.3 Å². The summed E-state index contributed by atoms with van der Waals surface area (Å²) in [6.45, 7) is 7.52. The molecule has 2 rings (SSSR count). The molecule has 2 nitrogen and oxygen atoms in total. The molecule has 2 atom stereocenters. The number of rotatable bonds is 5. The van der Waals surface area contributed by atoms with Crippen LogP contribution in [-0.4, -0.2) is 11.5 Å². The smallest absolute Gasteiger partial charge is 0.0496 e. The zero-order chi connectivity index (χ0) is 13.0. The molecule has 2 heterocycles. The van der Waals surface area contributed by atoms with Gasteiger partial charge in [0.05, 0.1) is 0 Å². The fraction of sp³-hybridized carbons (Fsp3) is 0.400. The van der Waals surface area contributed by atoms with Gasteiger partial charge in [0.1, 0.15) is 0 Å². The maximum absolute atomic E-state index is 4.48. The number of nitrogens with zero attached hydrogens (tertiary/aromatic N) is 1. The third-order valence-corrected chi connectivity index (χ3v) is 4.23. The summed E-state index contributed by atoms with van der Waals surface area (Å²) in [6, 6.07) is 10.9. The molecular weight excluding hydrogens is 240 g/mol. The number of pyridine rings is 1. The van der Waals surface area contributed by atoms with Crippen LogP contribution in [-0.2, 0) is 0 Å². The van der Waals surface area contributed by atoms with Gasteiger partial charge < -0.3 is 5.32 Å². The SMILES string of the molecule is CCNC(c1ccc(C)s1)C(C)c1ccccn1. The Bertz CT molecular complexity index is 478. The molecule has 2 aromatic heterocycles. The summed E-state index contributed by atoms with van der Waals surface area (Å²) >= 11 is 1.87. The summed E-state index contributed by atoms with van der Waals surface area (Å²) in [4.78, 5) is 7.24. The molecule has 0 amide bonds. The van der Waals surface area contributed by atoms with Crippen LogP contribution in [0.2, 0.25) is 0 Å². The van der Waals surface area contributed by atoms with Gasteiger partial charge in [-0.2, -0.15) is 0 Å². The second kappa shape index (κ2) is 6.12. The van der Waals surface area contributed by atoms with Crippen molar-refractivity contribution in [2.45, 2.75) is 32.7 Å². The standard InChI is InChI=1S/C15H20N2S/c1-4-16-15(14-9-8-11(2)18-14)12(3)13-7-5-6-10-17-13/h5-10,12,15-16H,4H2,1-3H3. The number of hydrogen-bond acceptors (Lipinski definition) is 3. The molecule has 0 bridgehead atoms. The highest BCUT2D eigenvalue weighted by Crippen LogP contribution is 2.33. The topological polar surface area (TPSA) is 24.9 Å². The van der Waals surface area contributed by atoms with Gasteiger partial charge >= 0.3 is 0 Å². The molecule has 96 valence electrons. The van der Waals surface area contributed by atoms with Crippen molar-refractivity contribution < 1.29 is 0 Å². The van der Waals surface area contributed by atoms with Crippen molar-refractivity contribution in [3.05, 3.63) is 52.0 Å². The molecule has 0 fully saturated rings. The Hall–Kier alpha value is -1.19. The number of hydrogen-bond donors (Lipinski definition) is 1. The van der Waals surface area contributed by atoms with E-state index in [9.17, 15) is 0 Å². The van der Waals surface area contributed by atoms with E-state index in [1.54, 1.807) is 0 Å².